The molecule has 0 unspecified atom stereocenters. The van der Waals surface area contributed by atoms with Gasteiger partial charge in [-0.15, -0.1) is 0 Å². The molecule has 0 bridgehead atoms. The zero-order valence-electron chi connectivity index (χ0n) is 26.0. The fraction of sp³-hybridized carbons (Fsp3) is 0.750. The number of aliphatic hydroxyl groups is 2. The number of carboxylic acid groups (broad SMARTS) is 1. The summed E-state index contributed by atoms with van der Waals surface area (Å²) in [5.74, 6) is -4.16. The molecule has 0 aromatic rings. The Morgan fingerprint density at radius 2 is 1.75 bits per heavy atom. The van der Waals surface area contributed by atoms with Crippen LogP contribution in [-0.2, 0) is 33.5 Å². The maximum Gasteiger partial charge on any atom is 0.326 e. The van der Waals surface area contributed by atoms with Gasteiger partial charge in [0.1, 0.15) is 11.6 Å². The minimum Gasteiger partial charge on any atom is -0.480 e. The molecule has 12 nitrogen and oxygen atoms in total. The number of aliphatic hydroxyl groups excluding tert-OH is 1. The lowest BCUT2D eigenvalue weighted by Gasteiger charge is -2.60. The van der Waals surface area contributed by atoms with Gasteiger partial charge in [-0.1, -0.05) is 33.3 Å². The second-order valence-corrected chi connectivity index (χ2v) is 14.0. The number of nitrogens with one attached hydrogen (secondary N) is 2. The number of esters is 1. The van der Waals surface area contributed by atoms with Crippen molar-refractivity contribution in [3.8, 4) is 0 Å². The number of hydrogen-bond acceptors (Lipinski definition) is 9. The minimum absolute atomic E-state index is 0.0104. The van der Waals surface area contributed by atoms with Crippen LogP contribution in [0.4, 0.5) is 0 Å². The second-order valence-electron chi connectivity index (χ2n) is 14.0. The summed E-state index contributed by atoms with van der Waals surface area (Å²) in [6, 6.07) is -1.10. The molecule has 8 atom stereocenters. The normalized spacial score (nSPS) is 35.0. The van der Waals surface area contributed by atoms with Gasteiger partial charge in [0.25, 0.3) is 0 Å². The summed E-state index contributed by atoms with van der Waals surface area (Å²) < 4.78 is 5.14. The number of rotatable bonds is 11. The minimum atomic E-state index is -1.78. The van der Waals surface area contributed by atoms with Gasteiger partial charge in [0.2, 0.25) is 17.6 Å². The van der Waals surface area contributed by atoms with Gasteiger partial charge < -0.3 is 30.7 Å². The SMILES string of the molecule is CC(C)[C@@H](NC(=O)CNC(=O)CCC(=O)OCC(=O)[C@@]1(O)CC[C@H]2[C@@H]3CCC4=CC(=O)CC[C@]4(C)[C@H]3[C@@H](O)C[C@@]21C)C(=O)O. The van der Waals surface area contributed by atoms with Crippen molar-refractivity contribution in [2.45, 2.75) is 103 Å². The molecule has 244 valence electrons. The number of hydrogen-bond donors (Lipinski definition) is 5. The highest BCUT2D eigenvalue weighted by atomic mass is 16.5. The van der Waals surface area contributed by atoms with Crippen molar-refractivity contribution in [3.63, 3.8) is 0 Å². The van der Waals surface area contributed by atoms with Gasteiger partial charge in [0, 0.05) is 18.3 Å². The van der Waals surface area contributed by atoms with Crippen molar-refractivity contribution in [2.75, 3.05) is 13.2 Å². The average Bonchev–Trinajstić information content (AvgIpc) is 3.22. The standard InChI is InChI=1S/C32H46N2O10/c1-17(2)28(29(41)42)34-25(39)15-33-24(38)7-8-26(40)44-16-23(37)32(43)12-10-21-20-6-5-18-13-19(35)9-11-30(18,3)27(20)22(36)14-31(21,32)4/h13,17,20-22,27-28,36,43H,5-12,14-16H2,1-4H3,(H,33,38)(H,34,39)(H,41,42)/t20-,21-,22-,27+,28+,30-,31-,32-/m0/s1. The van der Waals surface area contributed by atoms with Crippen molar-refractivity contribution in [1.82, 2.24) is 10.6 Å². The fourth-order valence-corrected chi connectivity index (χ4v) is 8.71. The number of carbonyl (C=O) groups is 6. The number of fused-ring (bicyclic) bond motifs is 5. The lowest BCUT2D eigenvalue weighted by molar-refractivity contribution is -0.184. The number of Topliss-reactive ketones (excluding diaryl/α,β-unsaturated/α-hetero) is 1. The summed E-state index contributed by atoms with van der Waals surface area (Å²) in [4.78, 5) is 73.2. The molecule has 0 radical (unpaired) electrons. The van der Waals surface area contributed by atoms with E-state index in [4.69, 9.17) is 9.84 Å². The zero-order chi connectivity index (χ0) is 32.6. The molecule has 0 aliphatic heterocycles. The molecule has 0 aromatic carbocycles. The van der Waals surface area contributed by atoms with E-state index in [-0.39, 0.29) is 60.6 Å². The summed E-state index contributed by atoms with van der Waals surface area (Å²) in [5, 5.41) is 37.1. The summed E-state index contributed by atoms with van der Waals surface area (Å²) in [5.41, 5.74) is -1.88. The molecule has 4 rings (SSSR count). The average molecular weight is 619 g/mol. The molecule has 0 heterocycles. The number of ketones is 2. The van der Waals surface area contributed by atoms with Crippen molar-refractivity contribution in [3.05, 3.63) is 11.6 Å². The first-order valence-corrected chi connectivity index (χ1v) is 15.7. The Balaban J connectivity index is 1.29. The smallest absolute Gasteiger partial charge is 0.326 e. The molecule has 12 heteroatoms. The number of amides is 2. The van der Waals surface area contributed by atoms with Gasteiger partial charge >= 0.3 is 11.9 Å². The van der Waals surface area contributed by atoms with Crippen LogP contribution < -0.4 is 10.6 Å². The number of carboxylic acids is 1. The van der Waals surface area contributed by atoms with Crippen LogP contribution in [0.5, 0.6) is 0 Å². The summed E-state index contributed by atoms with van der Waals surface area (Å²) in [6.45, 7) is 6.13. The fourth-order valence-electron chi connectivity index (χ4n) is 8.71. The third-order valence-corrected chi connectivity index (χ3v) is 11.1. The van der Waals surface area contributed by atoms with Crippen LogP contribution in [0.25, 0.3) is 0 Å². The van der Waals surface area contributed by atoms with Crippen LogP contribution in [-0.4, -0.2) is 81.5 Å². The van der Waals surface area contributed by atoms with Gasteiger partial charge in [-0.2, -0.15) is 0 Å². The largest absolute Gasteiger partial charge is 0.480 e. The third-order valence-electron chi connectivity index (χ3n) is 11.1. The first-order valence-electron chi connectivity index (χ1n) is 15.7. The van der Waals surface area contributed by atoms with Gasteiger partial charge in [-0.25, -0.2) is 4.79 Å². The van der Waals surface area contributed by atoms with Crippen LogP contribution in [0.1, 0.15) is 85.5 Å². The molecule has 44 heavy (non-hydrogen) atoms. The zero-order valence-corrected chi connectivity index (χ0v) is 26.0. The van der Waals surface area contributed by atoms with E-state index in [9.17, 15) is 39.0 Å². The van der Waals surface area contributed by atoms with Gasteiger partial charge in [0.05, 0.1) is 19.1 Å². The van der Waals surface area contributed by atoms with Crippen LogP contribution in [0.2, 0.25) is 0 Å². The highest BCUT2D eigenvalue weighted by Gasteiger charge is 2.68. The molecular weight excluding hydrogens is 572 g/mol. The van der Waals surface area contributed by atoms with Crippen LogP contribution in [0.15, 0.2) is 11.6 Å². The molecule has 3 fully saturated rings. The number of carbonyl (C=O) groups excluding carboxylic acids is 5. The molecule has 2 amide bonds. The Hall–Kier alpha value is -3.12. The summed E-state index contributed by atoms with van der Waals surface area (Å²) >= 11 is 0. The first kappa shape index (κ1) is 33.8. The second kappa shape index (κ2) is 12.7. The van der Waals surface area contributed by atoms with E-state index in [0.717, 1.165) is 18.4 Å². The van der Waals surface area contributed by atoms with E-state index < -0.39 is 65.8 Å². The molecule has 3 saturated carbocycles. The van der Waals surface area contributed by atoms with E-state index in [1.54, 1.807) is 19.9 Å². The van der Waals surface area contributed by atoms with E-state index in [2.05, 4.69) is 17.6 Å². The Labute approximate surface area is 257 Å². The van der Waals surface area contributed by atoms with Crippen molar-refractivity contribution < 1.29 is 48.8 Å². The van der Waals surface area contributed by atoms with Crippen LogP contribution in [0.3, 0.4) is 0 Å². The predicted molar refractivity (Wildman–Crippen MR) is 156 cm³/mol. The van der Waals surface area contributed by atoms with E-state index >= 15 is 0 Å². The Morgan fingerprint density at radius 1 is 1.05 bits per heavy atom. The Kier molecular flexibility index (Phi) is 9.75. The Bertz CT molecular complexity index is 1250. The third kappa shape index (κ3) is 6.20. The molecule has 0 saturated heterocycles. The molecule has 0 spiro atoms. The van der Waals surface area contributed by atoms with Gasteiger partial charge in [-0.3, -0.25) is 24.0 Å². The molecular formula is C32H46N2O10. The molecule has 4 aliphatic carbocycles. The monoisotopic (exact) mass is 618 g/mol. The summed E-state index contributed by atoms with van der Waals surface area (Å²) in [6.07, 6.45) is 4.02. The molecule has 5 N–H and O–H groups in total. The van der Waals surface area contributed by atoms with E-state index in [0.29, 0.717) is 19.3 Å². The number of aliphatic carboxylic acids is 1. The highest BCUT2D eigenvalue weighted by Crippen LogP contribution is 2.67. The maximum absolute atomic E-state index is 13.4. The number of allylic oxidation sites excluding steroid dienone is 1. The molecule has 4 aliphatic rings. The van der Waals surface area contributed by atoms with E-state index in [1.165, 1.54) is 0 Å². The van der Waals surface area contributed by atoms with Crippen LogP contribution >= 0.6 is 0 Å². The predicted octanol–water partition coefficient (Wildman–Crippen LogP) is 1.45. The van der Waals surface area contributed by atoms with Gasteiger partial charge in [-0.05, 0) is 73.7 Å². The Morgan fingerprint density at radius 3 is 2.41 bits per heavy atom. The number of ether oxygens (including phenoxy) is 1. The van der Waals surface area contributed by atoms with Crippen LogP contribution in [0, 0.1) is 34.5 Å². The maximum atomic E-state index is 13.4. The quantitative estimate of drug-likeness (QED) is 0.211. The van der Waals surface area contributed by atoms with Crippen molar-refractivity contribution >= 4 is 35.3 Å². The highest BCUT2D eigenvalue weighted by molar-refractivity contribution is 5.92. The van der Waals surface area contributed by atoms with Crippen molar-refractivity contribution in [1.29, 1.82) is 0 Å². The lowest BCUT2D eigenvalue weighted by Crippen LogP contribution is -2.62. The first-order chi connectivity index (χ1) is 20.5. The molecule has 0 aromatic heterocycles. The van der Waals surface area contributed by atoms with Crippen molar-refractivity contribution in [2.24, 2.45) is 34.5 Å². The lowest BCUT2D eigenvalue weighted by atomic mass is 9.45. The van der Waals surface area contributed by atoms with E-state index in [1.807, 2.05) is 6.92 Å². The topological polar surface area (TPSA) is 196 Å². The van der Waals surface area contributed by atoms with Gasteiger partial charge in [0.15, 0.2) is 12.4 Å². The summed E-state index contributed by atoms with van der Waals surface area (Å²) in [7, 11) is 0.